The van der Waals surface area contributed by atoms with Gasteiger partial charge in [-0.05, 0) is 65.7 Å². The first-order valence-corrected chi connectivity index (χ1v) is 18.9. The van der Waals surface area contributed by atoms with Gasteiger partial charge in [0.05, 0.1) is 17.9 Å². The van der Waals surface area contributed by atoms with Gasteiger partial charge in [0.1, 0.15) is 6.04 Å². The highest BCUT2D eigenvalue weighted by Crippen LogP contribution is 2.39. The zero-order chi connectivity index (χ0) is 35.4. The van der Waals surface area contributed by atoms with Gasteiger partial charge >= 0.3 is 5.97 Å². The number of benzene rings is 1. The summed E-state index contributed by atoms with van der Waals surface area (Å²) in [5.41, 5.74) is 3.89. The summed E-state index contributed by atoms with van der Waals surface area (Å²) >= 11 is 1.44. The number of carbonyl (C=O) groups is 3. The molecule has 2 aromatic heterocycles. The van der Waals surface area contributed by atoms with Crippen molar-refractivity contribution >= 4 is 34.7 Å². The van der Waals surface area contributed by atoms with Gasteiger partial charge in [-0.25, -0.2) is 9.97 Å². The Morgan fingerprint density at radius 1 is 0.980 bits per heavy atom. The van der Waals surface area contributed by atoms with Crippen LogP contribution in [0.25, 0.3) is 17.0 Å². The highest BCUT2D eigenvalue weighted by molar-refractivity contribution is 7.14. The third-order valence-corrected chi connectivity index (χ3v) is 12.3. The maximum absolute atomic E-state index is 13.6. The summed E-state index contributed by atoms with van der Waals surface area (Å²) in [5, 5.41) is 2.99. The molecule has 1 unspecified atom stereocenters. The Balaban J connectivity index is 1.09. The molecule has 6 rings (SSSR count). The van der Waals surface area contributed by atoms with Gasteiger partial charge in [-0.3, -0.25) is 14.4 Å². The predicted octanol–water partition coefficient (Wildman–Crippen LogP) is 7.65. The van der Waals surface area contributed by atoms with Crippen LogP contribution in [0.2, 0.25) is 0 Å². The average molecular weight is 695 g/mol. The van der Waals surface area contributed by atoms with E-state index in [1.807, 2.05) is 48.8 Å². The molecule has 2 amide bonds. The minimum Gasteiger partial charge on any atom is -0.469 e. The van der Waals surface area contributed by atoms with E-state index in [1.54, 1.807) is 4.90 Å². The Morgan fingerprint density at radius 2 is 1.68 bits per heavy atom. The number of nitrogens with zero attached hydrogens (tertiary/aromatic N) is 3. The molecule has 2 fully saturated rings. The van der Waals surface area contributed by atoms with Crippen molar-refractivity contribution in [3.63, 3.8) is 0 Å². The van der Waals surface area contributed by atoms with Crippen LogP contribution in [0.5, 0.6) is 0 Å². The number of amides is 2. The van der Waals surface area contributed by atoms with E-state index < -0.39 is 6.04 Å². The number of ether oxygens (including phenoxy) is 1. The fourth-order valence-corrected chi connectivity index (χ4v) is 8.33. The van der Waals surface area contributed by atoms with E-state index in [4.69, 9.17) is 14.7 Å². The highest BCUT2D eigenvalue weighted by Gasteiger charge is 2.39. The van der Waals surface area contributed by atoms with E-state index >= 15 is 0 Å². The van der Waals surface area contributed by atoms with Gasteiger partial charge in [-0.2, -0.15) is 0 Å². The Morgan fingerprint density at radius 3 is 2.26 bits per heavy atom. The molecular formula is C41H50N4O4S. The van der Waals surface area contributed by atoms with E-state index in [0.29, 0.717) is 23.0 Å². The molecule has 50 heavy (non-hydrogen) atoms. The Bertz CT molecular complexity index is 1720. The normalized spacial score (nSPS) is 21.6. The lowest BCUT2D eigenvalue weighted by atomic mass is 9.73. The Hall–Kier alpha value is -4.11. The first kappa shape index (κ1) is 35.7. The topological polar surface area (TPSA) is 101 Å². The Labute approximate surface area is 300 Å². The molecule has 0 radical (unpaired) electrons. The minimum absolute atomic E-state index is 0.0779. The number of carbonyl (C=O) groups excluding carboxylic acids is 3. The van der Waals surface area contributed by atoms with Crippen LogP contribution in [0, 0.1) is 23.7 Å². The van der Waals surface area contributed by atoms with Gasteiger partial charge in [0.15, 0.2) is 5.82 Å². The molecule has 1 saturated heterocycles. The summed E-state index contributed by atoms with van der Waals surface area (Å²) in [6.45, 7) is 9.21. The Kier molecular flexibility index (Phi) is 11.0. The van der Waals surface area contributed by atoms with Crippen LogP contribution in [0.4, 0.5) is 0 Å². The van der Waals surface area contributed by atoms with Gasteiger partial charge in [0.25, 0.3) is 5.91 Å². The molecule has 1 saturated carbocycles. The van der Waals surface area contributed by atoms with Crippen LogP contribution in [-0.2, 0) is 26.2 Å². The molecule has 0 spiro atoms. The molecule has 8 nitrogen and oxygen atoms in total. The van der Waals surface area contributed by atoms with Crippen LogP contribution in [-0.4, -0.2) is 58.9 Å². The summed E-state index contributed by atoms with van der Waals surface area (Å²) in [6, 6.07) is 10.8. The van der Waals surface area contributed by atoms with Crippen LogP contribution in [0.15, 0.2) is 67.0 Å². The van der Waals surface area contributed by atoms with Crippen LogP contribution in [0.3, 0.4) is 0 Å². The van der Waals surface area contributed by atoms with E-state index in [1.165, 1.54) is 56.1 Å². The first-order valence-electron chi connectivity index (χ1n) is 18.1. The highest BCUT2D eigenvalue weighted by atomic mass is 32.1. The molecule has 264 valence electrons. The number of methoxy groups -OCH3 is 1. The molecule has 2 atom stereocenters. The number of likely N-dealkylation sites (tertiary alicyclic amines) is 1. The molecule has 1 aromatic carbocycles. The van der Waals surface area contributed by atoms with E-state index in [9.17, 15) is 14.4 Å². The summed E-state index contributed by atoms with van der Waals surface area (Å²) in [5.74, 6) is 1.84. The van der Waals surface area contributed by atoms with Gasteiger partial charge in [0, 0.05) is 47.9 Å². The standard InChI is InChI=1S/C41H50N4O4S/c1-6-26-7-11-28(12-8-26)29-15-17-30(18-16-29)32-22-42-37(43-23-32)31-13-9-27(10-14-31)21-34(39(47)45-24-33(25-45)40(48)49-5)44-38(46)35-19-20-36(50-35)41(2,3)4/h9-10,13-15,17-20,22-23,26,28-29,33-34H,6-8,11-12,16,21,24-25H2,1-5H3,(H,44,46)/t26-,28-,29?,34-/m0/s1. The monoisotopic (exact) mass is 694 g/mol. The largest absolute Gasteiger partial charge is 0.469 e. The summed E-state index contributed by atoms with van der Waals surface area (Å²) < 4.78 is 4.84. The summed E-state index contributed by atoms with van der Waals surface area (Å²) in [4.78, 5) is 51.6. The second-order valence-corrected chi connectivity index (χ2v) is 16.3. The van der Waals surface area contributed by atoms with Crippen LogP contribution in [0.1, 0.15) is 91.9 Å². The van der Waals surface area contributed by atoms with Gasteiger partial charge in [-0.1, -0.05) is 89.5 Å². The van der Waals surface area contributed by atoms with Crippen LogP contribution >= 0.6 is 11.3 Å². The van der Waals surface area contributed by atoms with Crippen molar-refractivity contribution in [2.24, 2.45) is 23.7 Å². The molecule has 1 aliphatic heterocycles. The second-order valence-electron chi connectivity index (χ2n) is 15.2. The lowest BCUT2D eigenvalue weighted by molar-refractivity contribution is -0.156. The maximum atomic E-state index is 13.6. The van der Waals surface area contributed by atoms with Crippen molar-refractivity contribution < 1.29 is 19.1 Å². The van der Waals surface area contributed by atoms with Gasteiger partial charge in [0.2, 0.25) is 5.91 Å². The molecule has 1 N–H and O–H groups in total. The SMILES string of the molecule is CC[C@H]1CC[C@H](C2C=CC(c3cnc(-c4ccc(C[C@H](NC(=O)c5ccc(C(C)(C)C)s5)C(=O)N5CC(C(=O)OC)C5)cc4)nc3)=CC2)CC1. The fraction of sp³-hybridized carbons (Fsp3) is 0.488. The third kappa shape index (κ3) is 8.26. The number of hydrogen-bond acceptors (Lipinski definition) is 7. The smallest absolute Gasteiger partial charge is 0.312 e. The molecule has 3 heterocycles. The van der Waals surface area contributed by atoms with Crippen molar-refractivity contribution in [2.75, 3.05) is 20.2 Å². The van der Waals surface area contributed by atoms with Gasteiger partial charge in [-0.15, -0.1) is 11.3 Å². The molecule has 3 aromatic rings. The van der Waals surface area contributed by atoms with Crippen LogP contribution < -0.4 is 5.32 Å². The molecule has 3 aliphatic rings. The molecule has 0 bridgehead atoms. The van der Waals surface area contributed by atoms with E-state index in [2.05, 4.69) is 51.2 Å². The number of esters is 1. The number of nitrogens with one attached hydrogen (secondary N) is 1. The van der Waals surface area contributed by atoms with Crippen molar-refractivity contribution in [3.8, 4) is 11.4 Å². The summed E-state index contributed by atoms with van der Waals surface area (Å²) in [6.07, 6.45) is 18.9. The van der Waals surface area contributed by atoms with E-state index in [-0.39, 0.29) is 42.2 Å². The quantitative estimate of drug-likeness (QED) is 0.219. The van der Waals surface area contributed by atoms with E-state index in [0.717, 1.165) is 39.8 Å². The van der Waals surface area contributed by atoms with Crippen molar-refractivity contribution in [1.29, 1.82) is 0 Å². The number of allylic oxidation sites excluding steroid dienone is 4. The number of thiophene rings is 1. The second kappa shape index (κ2) is 15.4. The zero-order valence-electron chi connectivity index (χ0n) is 30.0. The first-order chi connectivity index (χ1) is 24.0. The third-order valence-electron chi connectivity index (χ3n) is 10.7. The maximum Gasteiger partial charge on any atom is 0.312 e. The number of hydrogen-bond donors (Lipinski definition) is 1. The van der Waals surface area contributed by atoms with Crippen molar-refractivity contribution in [1.82, 2.24) is 20.2 Å². The summed E-state index contributed by atoms with van der Waals surface area (Å²) in [7, 11) is 1.35. The fourth-order valence-electron chi connectivity index (χ4n) is 7.36. The lowest BCUT2D eigenvalue weighted by Gasteiger charge is -2.39. The molecular weight excluding hydrogens is 645 g/mol. The van der Waals surface area contributed by atoms with Gasteiger partial charge < -0.3 is 15.0 Å². The molecule has 9 heteroatoms. The van der Waals surface area contributed by atoms with Crippen molar-refractivity contribution in [2.45, 2.75) is 84.1 Å². The minimum atomic E-state index is -0.787. The number of aromatic nitrogens is 2. The van der Waals surface area contributed by atoms with Crippen molar-refractivity contribution in [3.05, 3.63) is 87.9 Å². The number of rotatable bonds is 10. The zero-order valence-corrected chi connectivity index (χ0v) is 30.8. The average Bonchev–Trinajstić information content (AvgIpc) is 3.63. The molecule has 2 aliphatic carbocycles. The predicted molar refractivity (Wildman–Crippen MR) is 198 cm³/mol. The lowest BCUT2D eigenvalue weighted by Crippen LogP contribution is -2.59.